The highest BCUT2D eigenvalue weighted by Crippen LogP contribution is 2.31. The van der Waals surface area contributed by atoms with Crippen LogP contribution >= 0.6 is 0 Å². The van der Waals surface area contributed by atoms with Crippen molar-refractivity contribution in [2.75, 3.05) is 12.8 Å². The number of fused-ring (bicyclic) bond motifs is 1. The number of aliphatic carboxylic acids is 1. The molecule has 3 aromatic rings. The first-order valence-electron chi connectivity index (χ1n) is 10.9. The van der Waals surface area contributed by atoms with Gasteiger partial charge in [-0.05, 0) is 48.4 Å². The number of rotatable bonds is 6. The SMILES string of the molecule is CS(=O)(=O)O.Cc1c(Cc2ccccc2S(=O)(=O)c2ccc(F)cc2)c2c(n1CC(=O)O)CCNC2=O. The average Bonchev–Trinajstić information content (AvgIpc) is 3.05. The van der Waals surface area contributed by atoms with Crippen LogP contribution in [-0.2, 0) is 44.1 Å². The van der Waals surface area contributed by atoms with Crippen molar-refractivity contribution >= 4 is 31.8 Å². The number of nitrogens with one attached hydrogen (secondary N) is 1. The molecule has 1 amide bonds. The van der Waals surface area contributed by atoms with Crippen LogP contribution in [0.4, 0.5) is 4.39 Å². The standard InChI is InChI=1S/C23H21FN2O5S.CH4O3S/c1-14-18(22-19(10-11-25-23(22)29)26(14)13-21(27)28)12-15-4-2-3-5-20(15)32(30,31)17-8-6-16(24)7-9-17;1-5(2,3)4/h2-9H,10-13H2,1H3,(H,25,29)(H,27,28);1H3,(H,2,3,4). The normalized spacial score (nSPS) is 13.2. The Morgan fingerprint density at radius 2 is 1.68 bits per heavy atom. The van der Waals surface area contributed by atoms with Gasteiger partial charge in [0.05, 0.1) is 21.6 Å². The molecule has 0 aliphatic carbocycles. The molecule has 0 bridgehead atoms. The minimum atomic E-state index is -3.93. The number of amides is 1. The second-order valence-corrected chi connectivity index (χ2v) is 11.7. The van der Waals surface area contributed by atoms with E-state index in [2.05, 4.69) is 5.32 Å². The Balaban J connectivity index is 0.000000695. The molecule has 37 heavy (non-hydrogen) atoms. The lowest BCUT2D eigenvalue weighted by Gasteiger charge is -2.16. The van der Waals surface area contributed by atoms with Gasteiger partial charge in [0.15, 0.2) is 0 Å². The summed E-state index contributed by atoms with van der Waals surface area (Å²) in [6, 6.07) is 11.1. The van der Waals surface area contributed by atoms with Gasteiger partial charge in [-0.1, -0.05) is 18.2 Å². The lowest BCUT2D eigenvalue weighted by atomic mass is 9.97. The lowest BCUT2D eigenvalue weighted by molar-refractivity contribution is -0.137. The van der Waals surface area contributed by atoms with E-state index in [-0.39, 0.29) is 28.7 Å². The van der Waals surface area contributed by atoms with Gasteiger partial charge < -0.3 is 15.0 Å². The fourth-order valence-electron chi connectivity index (χ4n) is 4.18. The van der Waals surface area contributed by atoms with Crippen LogP contribution in [0, 0.1) is 12.7 Å². The number of sulfone groups is 1. The second kappa shape index (κ2) is 10.8. The minimum Gasteiger partial charge on any atom is -0.480 e. The molecular weight excluding hydrogens is 527 g/mol. The van der Waals surface area contributed by atoms with E-state index in [4.69, 9.17) is 4.55 Å². The average molecular weight is 553 g/mol. The van der Waals surface area contributed by atoms with Crippen molar-refractivity contribution in [2.24, 2.45) is 0 Å². The Bertz CT molecular complexity index is 1550. The van der Waals surface area contributed by atoms with E-state index in [1.165, 1.54) is 18.2 Å². The Labute approximate surface area is 213 Å². The van der Waals surface area contributed by atoms with Gasteiger partial charge in [0, 0.05) is 30.8 Å². The van der Waals surface area contributed by atoms with Crippen LogP contribution in [0.1, 0.15) is 32.9 Å². The van der Waals surface area contributed by atoms with Crippen LogP contribution < -0.4 is 5.32 Å². The van der Waals surface area contributed by atoms with E-state index in [1.54, 1.807) is 29.7 Å². The number of carboxylic acids is 1. The topological polar surface area (TPSA) is 160 Å². The van der Waals surface area contributed by atoms with Crippen molar-refractivity contribution in [1.29, 1.82) is 0 Å². The van der Waals surface area contributed by atoms with E-state index in [9.17, 15) is 35.9 Å². The van der Waals surface area contributed by atoms with Gasteiger partial charge >= 0.3 is 5.97 Å². The molecule has 0 radical (unpaired) electrons. The van der Waals surface area contributed by atoms with Crippen LogP contribution in [0.5, 0.6) is 0 Å². The van der Waals surface area contributed by atoms with Crippen LogP contribution in [0.3, 0.4) is 0 Å². The molecule has 0 saturated heterocycles. The third-order valence-electron chi connectivity index (χ3n) is 5.68. The summed E-state index contributed by atoms with van der Waals surface area (Å²) in [5.41, 5.74) is 2.73. The molecule has 1 aromatic heterocycles. The van der Waals surface area contributed by atoms with Gasteiger partial charge in [0.2, 0.25) is 9.84 Å². The lowest BCUT2D eigenvalue weighted by Crippen LogP contribution is -2.33. The van der Waals surface area contributed by atoms with E-state index in [1.807, 2.05) is 0 Å². The number of aromatic nitrogens is 1. The molecule has 1 aliphatic heterocycles. The summed E-state index contributed by atoms with van der Waals surface area (Å²) in [4.78, 5) is 24.1. The maximum Gasteiger partial charge on any atom is 0.323 e. The third kappa shape index (κ3) is 6.61. The summed E-state index contributed by atoms with van der Waals surface area (Å²) in [6.07, 6.45) is 1.34. The quantitative estimate of drug-likeness (QED) is 0.310. The molecule has 10 nitrogen and oxygen atoms in total. The van der Waals surface area contributed by atoms with E-state index < -0.39 is 31.7 Å². The number of halogens is 1. The number of hydrogen-bond acceptors (Lipinski definition) is 6. The number of nitrogens with zero attached hydrogens (tertiary/aromatic N) is 1. The van der Waals surface area contributed by atoms with Gasteiger partial charge in [-0.3, -0.25) is 14.1 Å². The molecule has 0 fully saturated rings. The molecule has 13 heteroatoms. The van der Waals surface area contributed by atoms with Crippen molar-refractivity contribution in [3.63, 3.8) is 0 Å². The van der Waals surface area contributed by atoms with Crippen LogP contribution in [0.25, 0.3) is 0 Å². The number of carboxylic acid groups (broad SMARTS) is 1. The highest BCUT2D eigenvalue weighted by atomic mass is 32.2. The molecule has 0 atom stereocenters. The molecule has 0 spiro atoms. The van der Waals surface area contributed by atoms with E-state index >= 15 is 0 Å². The zero-order valence-electron chi connectivity index (χ0n) is 19.9. The summed E-state index contributed by atoms with van der Waals surface area (Å²) in [7, 11) is -7.60. The van der Waals surface area contributed by atoms with Crippen molar-refractivity contribution in [3.05, 3.63) is 82.4 Å². The first kappa shape index (κ1) is 28.0. The first-order valence-corrected chi connectivity index (χ1v) is 14.2. The molecule has 1 aliphatic rings. The Kier molecular flexibility index (Phi) is 8.20. The van der Waals surface area contributed by atoms with Gasteiger partial charge in [-0.15, -0.1) is 0 Å². The summed E-state index contributed by atoms with van der Waals surface area (Å²) >= 11 is 0. The summed E-state index contributed by atoms with van der Waals surface area (Å²) in [6.45, 7) is 1.86. The molecular formula is C24H25FN2O8S2. The Morgan fingerprint density at radius 1 is 1.08 bits per heavy atom. The first-order chi connectivity index (χ1) is 17.2. The van der Waals surface area contributed by atoms with Gasteiger partial charge in [0.25, 0.3) is 16.0 Å². The summed E-state index contributed by atoms with van der Waals surface area (Å²) in [5, 5.41) is 12.1. The van der Waals surface area contributed by atoms with E-state index in [0.29, 0.717) is 47.3 Å². The van der Waals surface area contributed by atoms with Crippen molar-refractivity contribution < 1.29 is 40.5 Å². The van der Waals surface area contributed by atoms with Crippen LogP contribution in [0.15, 0.2) is 58.3 Å². The van der Waals surface area contributed by atoms with Crippen molar-refractivity contribution in [2.45, 2.75) is 36.1 Å². The fraction of sp³-hybridized carbons (Fsp3) is 0.250. The van der Waals surface area contributed by atoms with Crippen molar-refractivity contribution in [1.82, 2.24) is 9.88 Å². The maximum absolute atomic E-state index is 13.3. The predicted octanol–water partition coefficient (Wildman–Crippen LogP) is 2.23. The van der Waals surface area contributed by atoms with Crippen molar-refractivity contribution in [3.8, 4) is 0 Å². The Hall–Kier alpha value is -3.55. The molecule has 2 heterocycles. The molecule has 198 valence electrons. The zero-order valence-corrected chi connectivity index (χ0v) is 21.6. The highest BCUT2D eigenvalue weighted by Gasteiger charge is 2.30. The van der Waals surface area contributed by atoms with Crippen LogP contribution in [-0.4, -0.2) is 55.7 Å². The number of hydrogen-bond donors (Lipinski definition) is 3. The predicted molar refractivity (Wildman–Crippen MR) is 131 cm³/mol. The number of benzene rings is 2. The molecule has 4 rings (SSSR count). The highest BCUT2D eigenvalue weighted by molar-refractivity contribution is 7.91. The summed E-state index contributed by atoms with van der Waals surface area (Å²) in [5.74, 6) is -1.86. The fourth-order valence-corrected chi connectivity index (χ4v) is 5.67. The molecule has 2 aromatic carbocycles. The minimum absolute atomic E-state index is 0.0358. The zero-order chi connectivity index (χ0) is 27.5. The number of carbonyl (C=O) groups excluding carboxylic acids is 1. The molecule has 0 unspecified atom stereocenters. The summed E-state index contributed by atoms with van der Waals surface area (Å²) < 4.78 is 67.3. The number of carbonyl (C=O) groups is 2. The van der Waals surface area contributed by atoms with Crippen LogP contribution in [0.2, 0.25) is 0 Å². The Morgan fingerprint density at radius 3 is 2.27 bits per heavy atom. The van der Waals surface area contributed by atoms with E-state index in [0.717, 1.165) is 12.1 Å². The molecule has 3 N–H and O–H groups in total. The monoisotopic (exact) mass is 552 g/mol. The molecule has 0 saturated carbocycles. The smallest absolute Gasteiger partial charge is 0.323 e. The van der Waals surface area contributed by atoms with Gasteiger partial charge in [0.1, 0.15) is 12.4 Å². The third-order valence-corrected chi connectivity index (χ3v) is 7.55. The second-order valence-electron chi connectivity index (χ2n) is 8.35. The largest absolute Gasteiger partial charge is 0.480 e. The van der Waals surface area contributed by atoms with Gasteiger partial charge in [-0.2, -0.15) is 8.42 Å². The maximum atomic E-state index is 13.3. The van der Waals surface area contributed by atoms with Gasteiger partial charge in [-0.25, -0.2) is 12.8 Å².